The van der Waals surface area contributed by atoms with Crippen LogP contribution >= 0.6 is 0 Å². The minimum absolute atomic E-state index is 0.116. The van der Waals surface area contributed by atoms with Gasteiger partial charge in [0.2, 0.25) is 0 Å². The Kier molecular flexibility index (Phi) is 35.0. The number of aliphatic carboxylic acids is 1. The molecule has 0 radical (unpaired) electrons. The highest BCUT2D eigenvalue weighted by molar-refractivity contribution is 5.70. The maximum Gasteiger partial charge on any atom is 0.306 e. The number of ether oxygens (including phenoxy) is 4. The van der Waals surface area contributed by atoms with Gasteiger partial charge in [0.15, 0.2) is 12.4 Å². The molecule has 0 aromatic heterocycles. The molecule has 2 atom stereocenters. The van der Waals surface area contributed by atoms with Gasteiger partial charge >= 0.3 is 11.9 Å². The average Bonchev–Trinajstić information content (AvgIpc) is 3.14. The lowest BCUT2D eigenvalue weighted by atomic mass is 10.1. The van der Waals surface area contributed by atoms with Gasteiger partial charge in [0, 0.05) is 12.8 Å². The summed E-state index contributed by atoms with van der Waals surface area (Å²) in [4.78, 5) is 36.8. The molecule has 0 aliphatic carbocycles. The predicted octanol–water partition coefficient (Wildman–Crippen LogP) is 9.21. The molecule has 0 aromatic rings. The summed E-state index contributed by atoms with van der Waals surface area (Å²) in [5, 5.41) is 11.7. The number of allylic oxidation sites excluding steroid dienone is 14. The van der Waals surface area contributed by atoms with Crippen LogP contribution in [0.15, 0.2) is 85.1 Å². The van der Waals surface area contributed by atoms with E-state index in [0.29, 0.717) is 23.9 Å². The zero-order valence-electron chi connectivity index (χ0n) is 35.0. The van der Waals surface area contributed by atoms with Crippen LogP contribution in [0.25, 0.3) is 0 Å². The summed E-state index contributed by atoms with van der Waals surface area (Å²) in [7, 11) is 5.86. The molecule has 0 N–H and O–H groups in total. The second-order valence-electron chi connectivity index (χ2n) is 14.5. The quantitative estimate of drug-likeness (QED) is 0.0204. The first-order chi connectivity index (χ1) is 26.6. The normalized spacial score (nSPS) is 13.8. The fraction of sp³-hybridized carbons (Fsp3) is 0.630. The third-order valence-corrected chi connectivity index (χ3v) is 8.14. The Morgan fingerprint density at radius 1 is 0.564 bits per heavy atom. The lowest BCUT2D eigenvalue weighted by molar-refractivity contribution is -0.870. The van der Waals surface area contributed by atoms with Gasteiger partial charge in [-0.2, -0.15) is 0 Å². The largest absolute Gasteiger partial charge is 0.545 e. The van der Waals surface area contributed by atoms with E-state index < -0.39 is 30.3 Å². The van der Waals surface area contributed by atoms with Crippen LogP contribution in [0, 0.1) is 0 Å². The van der Waals surface area contributed by atoms with Crippen molar-refractivity contribution in [3.63, 3.8) is 0 Å². The van der Waals surface area contributed by atoms with Gasteiger partial charge in [0.1, 0.15) is 13.2 Å². The summed E-state index contributed by atoms with van der Waals surface area (Å²) in [5.41, 5.74) is 0. The van der Waals surface area contributed by atoms with Gasteiger partial charge in [-0.15, -0.1) is 0 Å². The Bertz CT molecular complexity index is 1170. The van der Waals surface area contributed by atoms with Crippen molar-refractivity contribution in [2.24, 2.45) is 0 Å². The zero-order chi connectivity index (χ0) is 40.7. The van der Waals surface area contributed by atoms with Crippen LogP contribution in [-0.4, -0.2) is 82.3 Å². The maximum absolute atomic E-state index is 12.7. The van der Waals surface area contributed by atoms with Gasteiger partial charge < -0.3 is 33.3 Å². The molecule has 9 nitrogen and oxygen atoms in total. The monoisotopic (exact) mass is 770 g/mol. The molecule has 0 spiro atoms. The number of carbonyl (C=O) groups is 3. The van der Waals surface area contributed by atoms with Crippen molar-refractivity contribution in [1.29, 1.82) is 0 Å². The minimum Gasteiger partial charge on any atom is -0.545 e. The van der Waals surface area contributed by atoms with Crippen LogP contribution < -0.4 is 5.11 Å². The van der Waals surface area contributed by atoms with Crippen molar-refractivity contribution >= 4 is 17.9 Å². The Hall–Kier alpha value is -3.53. The number of likely N-dealkylation sites (N-methyl/N-ethyl adjacent to an activating group) is 1. The lowest BCUT2D eigenvalue weighted by Gasteiger charge is -2.26. The summed E-state index contributed by atoms with van der Waals surface area (Å²) in [6.45, 7) is 4.45. The average molecular weight is 770 g/mol. The summed E-state index contributed by atoms with van der Waals surface area (Å²) in [6.07, 6.45) is 43.5. The molecule has 0 bridgehead atoms. The van der Waals surface area contributed by atoms with E-state index in [1.54, 1.807) is 0 Å². The molecule has 0 saturated carbocycles. The summed E-state index contributed by atoms with van der Waals surface area (Å²) in [6, 6.07) is 0. The molecule has 0 rings (SSSR count). The van der Waals surface area contributed by atoms with Crippen LogP contribution in [0.1, 0.15) is 129 Å². The molecule has 0 amide bonds. The number of hydrogen-bond donors (Lipinski definition) is 0. The number of esters is 2. The van der Waals surface area contributed by atoms with E-state index in [2.05, 4.69) is 86.8 Å². The van der Waals surface area contributed by atoms with E-state index in [0.717, 1.165) is 77.0 Å². The molecule has 0 fully saturated rings. The van der Waals surface area contributed by atoms with Gasteiger partial charge in [0.05, 0.1) is 40.3 Å². The Balaban J connectivity index is 4.65. The van der Waals surface area contributed by atoms with Crippen molar-refractivity contribution in [2.75, 3.05) is 47.5 Å². The molecule has 0 saturated heterocycles. The SMILES string of the molecule is CC/C=C\C/C=C\C/C=C\C/C=C\C/C=C\C/C=C\CCC(=O)OC(COC(=O)CCCCCCC/C=C\CCCC)COC(OCC[N+](C)(C)C)C(=O)[O-]. The van der Waals surface area contributed by atoms with Crippen molar-refractivity contribution in [2.45, 2.75) is 142 Å². The standard InChI is InChI=1S/C46H75NO8/c1-6-8-10-12-14-16-18-19-20-21-22-23-24-25-27-29-31-33-35-37-44(49)55-42(41-54-46(45(50)51)52-39-38-47(3,4)5)40-53-43(48)36-34-32-30-28-26-17-15-13-11-9-7-2/h8,10,13-16,19-20,22-23,25,27,31,33,42,46H,6-7,9,11-12,17-18,21,24,26,28-30,32,34-41H2,1-5H3/b10-8-,15-13-,16-14-,20-19-,23-22-,27-25-,33-31-. The molecular weight excluding hydrogens is 695 g/mol. The summed E-state index contributed by atoms with van der Waals surface area (Å²) >= 11 is 0. The van der Waals surface area contributed by atoms with Crippen LogP contribution in [-0.2, 0) is 33.3 Å². The number of carboxylic acid groups (broad SMARTS) is 1. The van der Waals surface area contributed by atoms with E-state index in [4.69, 9.17) is 18.9 Å². The number of carbonyl (C=O) groups excluding carboxylic acids is 3. The van der Waals surface area contributed by atoms with Gasteiger partial charge in [-0.3, -0.25) is 9.59 Å². The second-order valence-corrected chi connectivity index (χ2v) is 14.5. The van der Waals surface area contributed by atoms with Crippen molar-refractivity contribution in [3.05, 3.63) is 85.1 Å². The smallest absolute Gasteiger partial charge is 0.306 e. The highest BCUT2D eigenvalue weighted by Gasteiger charge is 2.21. The van der Waals surface area contributed by atoms with E-state index >= 15 is 0 Å². The van der Waals surface area contributed by atoms with Crippen LogP contribution in [0.3, 0.4) is 0 Å². The molecule has 9 heteroatoms. The Labute approximate surface area is 334 Å². The van der Waals surface area contributed by atoms with Gasteiger partial charge in [0.25, 0.3) is 0 Å². The van der Waals surface area contributed by atoms with E-state index in [-0.39, 0.29) is 32.7 Å². The third kappa shape index (κ3) is 38.5. The Morgan fingerprint density at radius 2 is 1.07 bits per heavy atom. The fourth-order valence-corrected chi connectivity index (χ4v) is 4.89. The van der Waals surface area contributed by atoms with Crippen molar-refractivity contribution < 1.29 is 42.9 Å². The number of nitrogens with zero attached hydrogens (tertiary/aromatic N) is 1. The van der Waals surface area contributed by atoms with E-state index in [1.165, 1.54) is 12.8 Å². The zero-order valence-corrected chi connectivity index (χ0v) is 35.0. The van der Waals surface area contributed by atoms with Gasteiger partial charge in [-0.1, -0.05) is 131 Å². The fourth-order valence-electron chi connectivity index (χ4n) is 4.89. The number of unbranched alkanes of at least 4 members (excludes halogenated alkanes) is 7. The first-order valence-electron chi connectivity index (χ1n) is 20.7. The third-order valence-electron chi connectivity index (χ3n) is 8.14. The number of quaternary nitrogens is 1. The first kappa shape index (κ1) is 51.5. The molecule has 0 aromatic carbocycles. The predicted molar refractivity (Wildman–Crippen MR) is 223 cm³/mol. The van der Waals surface area contributed by atoms with Crippen molar-refractivity contribution in [3.8, 4) is 0 Å². The van der Waals surface area contributed by atoms with Crippen LogP contribution in [0.5, 0.6) is 0 Å². The highest BCUT2D eigenvalue weighted by Crippen LogP contribution is 2.10. The first-order valence-corrected chi connectivity index (χ1v) is 20.7. The maximum atomic E-state index is 12.7. The lowest BCUT2D eigenvalue weighted by Crippen LogP contribution is -2.44. The topological polar surface area (TPSA) is 111 Å². The van der Waals surface area contributed by atoms with E-state index in [9.17, 15) is 19.5 Å². The van der Waals surface area contributed by atoms with E-state index in [1.807, 2.05) is 33.3 Å². The molecule has 2 unspecified atom stereocenters. The van der Waals surface area contributed by atoms with Crippen molar-refractivity contribution in [1.82, 2.24) is 0 Å². The molecule has 312 valence electrons. The van der Waals surface area contributed by atoms with Crippen LogP contribution in [0.2, 0.25) is 0 Å². The number of rotatable bonds is 36. The molecule has 0 aliphatic heterocycles. The number of carboxylic acids is 1. The molecule has 55 heavy (non-hydrogen) atoms. The highest BCUT2D eigenvalue weighted by atomic mass is 16.7. The summed E-state index contributed by atoms with van der Waals surface area (Å²) in [5.74, 6) is -2.43. The minimum atomic E-state index is -1.64. The molecule has 0 aliphatic rings. The van der Waals surface area contributed by atoms with Crippen LogP contribution in [0.4, 0.5) is 0 Å². The molecule has 0 heterocycles. The van der Waals surface area contributed by atoms with Gasteiger partial charge in [-0.25, -0.2) is 0 Å². The Morgan fingerprint density at radius 3 is 1.62 bits per heavy atom. The summed E-state index contributed by atoms with van der Waals surface area (Å²) < 4.78 is 22.4. The molecular formula is C46H75NO8. The van der Waals surface area contributed by atoms with Gasteiger partial charge in [-0.05, 0) is 70.6 Å². The number of hydrogen-bond acceptors (Lipinski definition) is 8. The second kappa shape index (κ2) is 37.4.